The van der Waals surface area contributed by atoms with Crippen molar-refractivity contribution < 1.29 is 38.1 Å². The van der Waals surface area contributed by atoms with Crippen LogP contribution in [0.5, 0.6) is 0 Å². The lowest BCUT2D eigenvalue weighted by molar-refractivity contribution is -0.244. The average Bonchev–Trinajstić information content (AvgIpc) is 3.54. The number of nitrogens with zero attached hydrogens (tertiary/aromatic N) is 4. The van der Waals surface area contributed by atoms with E-state index in [0.717, 1.165) is 0 Å². The Morgan fingerprint density at radius 2 is 1.02 bits per heavy atom. The summed E-state index contributed by atoms with van der Waals surface area (Å²) < 4.78 is 22.5. The largest absolute Gasteiger partial charge is 0.417 e. The molecule has 2 aromatic heterocycles. The number of hydrogen-bond acceptors (Lipinski definition) is 16. The van der Waals surface area contributed by atoms with Gasteiger partial charge in [-0.3, -0.25) is 20.4 Å². The SMILES string of the molecule is CCC1(CC(C)C(C)CC2(CC)OC(=O)C(=NNc3nc(=S)[nH][nH]3)C(=O)O2)OC(=O)C(=NNc2nc(=S)[nH][nH]2)C(=O)O1. The van der Waals surface area contributed by atoms with Gasteiger partial charge < -0.3 is 18.9 Å². The second kappa shape index (κ2) is 12.2. The van der Waals surface area contributed by atoms with Gasteiger partial charge in [-0.25, -0.2) is 30.0 Å². The maximum absolute atomic E-state index is 12.7. The number of carbonyl (C=O) groups is 4. The van der Waals surface area contributed by atoms with Crippen LogP contribution in [0.15, 0.2) is 10.2 Å². The van der Waals surface area contributed by atoms with E-state index in [4.69, 9.17) is 43.4 Å². The second-order valence-electron chi connectivity index (χ2n) is 9.62. The number of nitrogens with one attached hydrogen (secondary N) is 6. The van der Waals surface area contributed by atoms with Gasteiger partial charge in [-0.15, -0.1) is 0 Å². The highest BCUT2D eigenvalue weighted by Crippen LogP contribution is 2.38. The van der Waals surface area contributed by atoms with Gasteiger partial charge in [-0.2, -0.15) is 20.2 Å². The average molecular weight is 625 g/mol. The van der Waals surface area contributed by atoms with Crippen LogP contribution in [0, 0.1) is 21.4 Å². The molecular weight excluding hydrogens is 596 g/mol. The molecule has 2 aromatic rings. The summed E-state index contributed by atoms with van der Waals surface area (Å²) >= 11 is 9.67. The van der Waals surface area contributed by atoms with Crippen LogP contribution >= 0.6 is 24.4 Å². The van der Waals surface area contributed by atoms with Crippen molar-refractivity contribution >= 4 is 71.6 Å². The lowest BCUT2D eigenvalue weighted by Crippen LogP contribution is -2.53. The molecule has 2 fully saturated rings. The second-order valence-corrected chi connectivity index (χ2v) is 10.4. The van der Waals surface area contributed by atoms with Crippen molar-refractivity contribution in [3.63, 3.8) is 0 Å². The molecular formula is C22H28N10O8S2. The summed E-state index contributed by atoms with van der Waals surface area (Å²) in [4.78, 5) is 58.6. The van der Waals surface area contributed by atoms with Crippen LogP contribution in [0.3, 0.4) is 0 Å². The molecule has 0 aliphatic carbocycles. The molecule has 6 N–H and O–H groups in total. The van der Waals surface area contributed by atoms with E-state index in [9.17, 15) is 19.2 Å². The third-order valence-corrected chi connectivity index (χ3v) is 7.14. The zero-order chi connectivity index (χ0) is 30.7. The molecule has 2 aliphatic heterocycles. The standard InChI is InChI=1S/C22H28N10O8S2/c1-5-21(37-13(33)11(14(34)38-21)25-27-17-23-19(41)31-29-17)7-9(3)10(4)8-22(6-2)39-15(35)12(16(36)40-22)26-28-18-24-20(42)32-30-18/h9-10H,5-8H2,1-4H3,(H3,23,27,29,31,41)(H3,24,28,30,32,42). The number of hydrogen-bond donors (Lipinski definition) is 6. The number of ether oxygens (including phenoxy) is 4. The van der Waals surface area contributed by atoms with Gasteiger partial charge in [0.15, 0.2) is 0 Å². The topological polar surface area (TPSA) is 243 Å². The quantitative estimate of drug-likeness (QED) is 0.119. The van der Waals surface area contributed by atoms with Crippen molar-refractivity contribution in [3.8, 4) is 0 Å². The van der Waals surface area contributed by atoms with Gasteiger partial charge in [0, 0.05) is 25.7 Å². The molecule has 2 aliphatic rings. The van der Waals surface area contributed by atoms with Gasteiger partial charge in [0.2, 0.25) is 21.4 Å². The first kappa shape index (κ1) is 30.5. The van der Waals surface area contributed by atoms with E-state index in [1.165, 1.54) is 0 Å². The minimum atomic E-state index is -1.56. The van der Waals surface area contributed by atoms with Gasteiger partial charge >= 0.3 is 23.9 Å². The van der Waals surface area contributed by atoms with E-state index < -0.39 is 46.9 Å². The van der Waals surface area contributed by atoms with Gasteiger partial charge in [0.05, 0.1) is 0 Å². The highest BCUT2D eigenvalue weighted by Gasteiger charge is 2.50. The first-order chi connectivity index (χ1) is 19.9. The summed E-state index contributed by atoms with van der Waals surface area (Å²) in [5.74, 6) is -7.44. The number of aromatic amines is 4. The van der Waals surface area contributed by atoms with Crippen LogP contribution < -0.4 is 10.9 Å². The Balaban J connectivity index is 1.40. The number of hydrazone groups is 2. The Kier molecular flexibility index (Phi) is 8.85. The maximum Gasteiger partial charge on any atom is 0.369 e. The Morgan fingerprint density at radius 3 is 1.29 bits per heavy atom. The number of carbonyl (C=O) groups excluding carboxylic acids is 4. The number of rotatable bonds is 11. The van der Waals surface area contributed by atoms with Crippen molar-refractivity contribution in [2.45, 2.75) is 65.0 Å². The molecule has 4 rings (SSSR count). The van der Waals surface area contributed by atoms with Gasteiger partial charge in [-0.05, 0) is 36.3 Å². The fraction of sp³-hybridized carbons (Fsp3) is 0.545. The van der Waals surface area contributed by atoms with Crippen molar-refractivity contribution in [1.29, 1.82) is 0 Å². The lowest BCUT2D eigenvalue weighted by atomic mass is 9.83. The van der Waals surface area contributed by atoms with Crippen molar-refractivity contribution in [1.82, 2.24) is 30.4 Å². The minimum absolute atomic E-state index is 0.0775. The smallest absolute Gasteiger partial charge is 0.369 e. The zero-order valence-corrected chi connectivity index (χ0v) is 24.5. The van der Waals surface area contributed by atoms with Crippen molar-refractivity contribution in [3.05, 3.63) is 9.54 Å². The Bertz CT molecular complexity index is 1400. The number of H-pyrrole nitrogens is 4. The predicted molar refractivity (Wildman–Crippen MR) is 148 cm³/mol. The van der Waals surface area contributed by atoms with Crippen LogP contribution in [0.2, 0.25) is 0 Å². The molecule has 20 heteroatoms. The van der Waals surface area contributed by atoms with Crippen LogP contribution in [0.25, 0.3) is 0 Å². The first-order valence-corrected chi connectivity index (χ1v) is 13.6. The number of aromatic nitrogens is 6. The number of cyclic esters (lactones) is 4. The van der Waals surface area contributed by atoms with E-state index in [0.29, 0.717) is 0 Å². The summed E-state index contributed by atoms with van der Waals surface area (Å²) in [5.41, 5.74) is 3.60. The molecule has 2 atom stereocenters. The molecule has 18 nitrogen and oxygen atoms in total. The van der Waals surface area contributed by atoms with E-state index in [1.807, 2.05) is 13.8 Å². The summed E-state index contributed by atoms with van der Waals surface area (Å²) in [5, 5.41) is 17.6. The van der Waals surface area contributed by atoms with Crippen LogP contribution in [-0.4, -0.2) is 77.2 Å². The van der Waals surface area contributed by atoms with Crippen LogP contribution in [0.1, 0.15) is 53.4 Å². The van der Waals surface area contributed by atoms with Gasteiger partial charge in [0.25, 0.3) is 23.0 Å². The molecule has 0 radical (unpaired) electrons. The summed E-state index contributed by atoms with van der Waals surface area (Å²) in [6.07, 6.45) is 0.535. The molecule has 4 heterocycles. The van der Waals surface area contributed by atoms with Crippen molar-refractivity contribution in [2.24, 2.45) is 22.0 Å². The molecule has 0 aromatic carbocycles. The van der Waals surface area contributed by atoms with E-state index in [-0.39, 0.29) is 59.0 Å². The molecule has 0 saturated carbocycles. The summed E-state index contributed by atoms with van der Waals surface area (Å²) in [6, 6.07) is 0. The highest BCUT2D eigenvalue weighted by atomic mass is 32.1. The van der Waals surface area contributed by atoms with E-state index in [1.54, 1.807) is 13.8 Å². The lowest BCUT2D eigenvalue weighted by Gasteiger charge is -2.40. The Hall–Kier alpha value is -4.46. The zero-order valence-electron chi connectivity index (χ0n) is 22.9. The third kappa shape index (κ3) is 6.70. The summed E-state index contributed by atoms with van der Waals surface area (Å²) in [6.45, 7) is 7.08. The number of anilines is 2. The maximum atomic E-state index is 12.7. The highest BCUT2D eigenvalue weighted by molar-refractivity contribution is 7.71. The number of esters is 4. The fourth-order valence-electron chi connectivity index (χ4n) is 4.25. The van der Waals surface area contributed by atoms with Crippen molar-refractivity contribution in [2.75, 3.05) is 10.9 Å². The molecule has 2 unspecified atom stereocenters. The first-order valence-electron chi connectivity index (χ1n) is 12.8. The Labute approximate surface area is 247 Å². The molecule has 0 spiro atoms. The molecule has 226 valence electrons. The summed E-state index contributed by atoms with van der Waals surface area (Å²) in [7, 11) is 0. The molecule has 42 heavy (non-hydrogen) atoms. The van der Waals surface area contributed by atoms with E-state index in [2.05, 4.69) is 51.4 Å². The molecule has 0 amide bonds. The molecule has 2 saturated heterocycles. The predicted octanol–water partition coefficient (Wildman–Crippen LogP) is 1.95. The van der Waals surface area contributed by atoms with E-state index >= 15 is 0 Å². The minimum Gasteiger partial charge on any atom is -0.417 e. The van der Waals surface area contributed by atoms with Gasteiger partial charge in [-0.1, -0.05) is 27.7 Å². The third-order valence-electron chi connectivity index (χ3n) is 6.75. The Morgan fingerprint density at radius 1 is 0.690 bits per heavy atom. The van der Waals surface area contributed by atoms with Gasteiger partial charge in [0.1, 0.15) is 0 Å². The normalized spacial score (nSPS) is 23.7. The fourth-order valence-corrected chi connectivity index (χ4v) is 4.54. The van der Waals surface area contributed by atoms with Crippen LogP contribution in [-0.2, 0) is 38.1 Å². The monoisotopic (exact) mass is 624 g/mol. The molecule has 0 bridgehead atoms. The van der Waals surface area contributed by atoms with Crippen LogP contribution in [0.4, 0.5) is 11.9 Å².